The molecular formula is C22H21N5O2S. The summed E-state index contributed by atoms with van der Waals surface area (Å²) < 4.78 is 7.10. The van der Waals surface area contributed by atoms with Crippen molar-refractivity contribution in [3.8, 4) is 11.4 Å². The number of aromatic nitrogens is 4. The minimum Gasteiger partial charge on any atom is -0.494 e. The van der Waals surface area contributed by atoms with Gasteiger partial charge in [0.1, 0.15) is 5.75 Å². The van der Waals surface area contributed by atoms with Gasteiger partial charge in [0, 0.05) is 11.1 Å². The van der Waals surface area contributed by atoms with Crippen LogP contribution in [-0.4, -0.2) is 38.0 Å². The number of ether oxygens (including phenoxy) is 1. The third-order valence-corrected chi connectivity index (χ3v) is 5.55. The Morgan fingerprint density at radius 1 is 1.10 bits per heavy atom. The van der Waals surface area contributed by atoms with E-state index in [1.54, 1.807) is 4.68 Å². The lowest BCUT2D eigenvalue weighted by Crippen LogP contribution is -2.22. The van der Waals surface area contributed by atoms with Crippen molar-refractivity contribution in [2.24, 2.45) is 0 Å². The predicted octanol–water partition coefficient (Wildman–Crippen LogP) is 4.33. The van der Waals surface area contributed by atoms with E-state index in [0.717, 1.165) is 22.2 Å². The van der Waals surface area contributed by atoms with Crippen LogP contribution in [0.4, 0.5) is 5.69 Å². The largest absolute Gasteiger partial charge is 0.494 e. The summed E-state index contributed by atoms with van der Waals surface area (Å²) in [6.07, 6.45) is 0. The van der Waals surface area contributed by atoms with Crippen LogP contribution in [-0.2, 0) is 4.79 Å². The lowest BCUT2D eigenvalue weighted by atomic mass is 10.1. The Morgan fingerprint density at radius 2 is 1.87 bits per heavy atom. The average Bonchev–Trinajstić information content (AvgIpc) is 3.22. The van der Waals surface area contributed by atoms with Gasteiger partial charge in [0.15, 0.2) is 0 Å². The molecule has 1 aromatic heterocycles. The fraction of sp³-hybridized carbons (Fsp3) is 0.182. The van der Waals surface area contributed by atoms with Crippen LogP contribution >= 0.6 is 11.8 Å². The van der Waals surface area contributed by atoms with Crippen molar-refractivity contribution < 1.29 is 9.53 Å². The third kappa shape index (κ3) is 4.28. The number of carbonyl (C=O) groups excluding carboxylic acids is 1. The first-order valence-electron chi connectivity index (χ1n) is 9.62. The molecule has 3 aromatic carbocycles. The number of hydrogen-bond acceptors (Lipinski definition) is 6. The van der Waals surface area contributed by atoms with E-state index < -0.39 is 5.25 Å². The van der Waals surface area contributed by atoms with Crippen molar-refractivity contribution in [3.05, 3.63) is 66.7 Å². The van der Waals surface area contributed by atoms with Gasteiger partial charge in [0.25, 0.3) is 0 Å². The number of thioether (sulfide) groups is 1. The first-order chi connectivity index (χ1) is 14.7. The number of tetrazole rings is 1. The molecule has 0 saturated carbocycles. The highest BCUT2D eigenvalue weighted by atomic mass is 32.2. The molecule has 0 aliphatic carbocycles. The second kappa shape index (κ2) is 8.96. The lowest BCUT2D eigenvalue weighted by molar-refractivity contribution is -0.115. The van der Waals surface area contributed by atoms with E-state index in [1.165, 1.54) is 11.8 Å². The van der Waals surface area contributed by atoms with Gasteiger partial charge in [-0.05, 0) is 60.0 Å². The van der Waals surface area contributed by atoms with Gasteiger partial charge in [0.05, 0.1) is 17.5 Å². The number of anilines is 1. The maximum absolute atomic E-state index is 12.7. The summed E-state index contributed by atoms with van der Waals surface area (Å²) in [5.41, 5.74) is 1.59. The molecule has 0 unspecified atom stereocenters. The number of benzene rings is 3. The van der Waals surface area contributed by atoms with E-state index in [9.17, 15) is 4.79 Å². The Labute approximate surface area is 178 Å². The van der Waals surface area contributed by atoms with Crippen LogP contribution in [0.25, 0.3) is 16.5 Å². The molecule has 152 valence electrons. The summed E-state index contributed by atoms with van der Waals surface area (Å²) in [6, 6.07) is 21.3. The molecule has 7 nitrogen and oxygen atoms in total. The quantitative estimate of drug-likeness (QED) is 0.449. The first-order valence-corrected chi connectivity index (χ1v) is 10.5. The number of nitrogens with zero attached hydrogens (tertiary/aromatic N) is 4. The zero-order valence-corrected chi connectivity index (χ0v) is 17.5. The van der Waals surface area contributed by atoms with E-state index in [4.69, 9.17) is 4.74 Å². The molecule has 1 atom stereocenters. The van der Waals surface area contributed by atoms with E-state index >= 15 is 0 Å². The van der Waals surface area contributed by atoms with E-state index in [0.29, 0.717) is 17.5 Å². The fourth-order valence-corrected chi connectivity index (χ4v) is 3.85. The third-order valence-electron chi connectivity index (χ3n) is 4.52. The van der Waals surface area contributed by atoms with E-state index in [1.807, 2.05) is 80.6 Å². The molecule has 0 radical (unpaired) electrons. The molecule has 1 heterocycles. The molecule has 0 aliphatic heterocycles. The van der Waals surface area contributed by atoms with Crippen LogP contribution in [0.2, 0.25) is 0 Å². The topological polar surface area (TPSA) is 81.9 Å². The molecule has 8 heteroatoms. The number of nitrogens with one attached hydrogen (secondary N) is 1. The van der Waals surface area contributed by atoms with Crippen molar-refractivity contribution >= 4 is 34.1 Å². The molecule has 4 aromatic rings. The second-order valence-corrected chi connectivity index (χ2v) is 7.89. The van der Waals surface area contributed by atoms with Gasteiger partial charge in [-0.1, -0.05) is 48.2 Å². The number of carbonyl (C=O) groups is 1. The molecule has 0 spiro atoms. The SMILES string of the molecule is CCOc1ccc(NC(=O)[C@@H](C)Sc2nnnn2-c2cccc3ccccc23)cc1. The Morgan fingerprint density at radius 3 is 2.67 bits per heavy atom. The van der Waals surface area contributed by atoms with Crippen LogP contribution in [0.15, 0.2) is 71.9 Å². The van der Waals surface area contributed by atoms with Gasteiger partial charge < -0.3 is 10.1 Å². The van der Waals surface area contributed by atoms with Gasteiger partial charge in [-0.3, -0.25) is 4.79 Å². The number of amides is 1. The number of hydrogen-bond donors (Lipinski definition) is 1. The molecule has 0 bridgehead atoms. The minimum absolute atomic E-state index is 0.128. The summed E-state index contributed by atoms with van der Waals surface area (Å²) in [6.45, 7) is 4.36. The highest BCUT2D eigenvalue weighted by Crippen LogP contribution is 2.28. The van der Waals surface area contributed by atoms with Crippen molar-refractivity contribution in [1.29, 1.82) is 0 Å². The summed E-state index contributed by atoms with van der Waals surface area (Å²) in [5, 5.41) is 17.3. The normalized spacial score (nSPS) is 11.9. The standard InChI is InChI=1S/C22H21N5O2S/c1-3-29-18-13-11-17(12-14-18)23-21(28)15(2)30-22-24-25-26-27(22)20-10-6-8-16-7-4-5-9-19(16)20/h4-15H,3H2,1-2H3,(H,23,28)/t15-/m1/s1. The van der Waals surface area contributed by atoms with Crippen molar-refractivity contribution in [3.63, 3.8) is 0 Å². The predicted molar refractivity (Wildman–Crippen MR) is 118 cm³/mol. The molecule has 30 heavy (non-hydrogen) atoms. The van der Waals surface area contributed by atoms with Gasteiger partial charge in [0.2, 0.25) is 11.1 Å². The maximum atomic E-state index is 12.7. The first kappa shape index (κ1) is 19.9. The summed E-state index contributed by atoms with van der Waals surface area (Å²) in [7, 11) is 0. The number of rotatable bonds is 7. The highest BCUT2D eigenvalue weighted by Gasteiger charge is 2.20. The summed E-state index contributed by atoms with van der Waals surface area (Å²) in [5.74, 6) is 0.642. The molecule has 1 N–H and O–H groups in total. The van der Waals surface area contributed by atoms with Crippen LogP contribution < -0.4 is 10.1 Å². The monoisotopic (exact) mass is 419 g/mol. The molecule has 0 fully saturated rings. The second-order valence-electron chi connectivity index (χ2n) is 6.58. The van der Waals surface area contributed by atoms with Crippen LogP contribution in [0.1, 0.15) is 13.8 Å². The lowest BCUT2D eigenvalue weighted by Gasteiger charge is -2.13. The smallest absolute Gasteiger partial charge is 0.237 e. The zero-order chi connectivity index (χ0) is 20.9. The Balaban J connectivity index is 1.50. The van der Waals surface area contributed by atoms with Crippen LogP contribution in [0, 0.1) is 0 Å². The fourth-order valence-electron chi connectivity index (χ4n) is 3.05. The van der Waals surface area contributed by atoms with Crippen LogP contribution in [0.3, 0.4) is 0 Å². The summed E-state index contributed by atoms with van der Waals surface area (Å²) in [4.78, 5) is 12.7. The number of fused-ring (bicyclic) bond motifs is 1. The van der Waals surface area contributed by atoms with E-state index in [2.05, 4.69) is 20.8 Å². The Kier molecular flexibility index (Phi) is 5.94. The van der Waals surface area contributed by atoms with Crippen molar-refractivity contribution in [2.75, 3.05) is 11.9 Å². The van der Waals surface area contributed by atoms with Crippen molar-refractivity contribution in [2.45, 2.75) is 24.3 Å². The van der Waals surface area contributed by atoms with Gasteiger partial charge >= 0.3 is 0 Å². The maximum Gasteiger partial charge on any atom is 0.237 e. The molecular weight excluding hydrogens is 398 g/mol. The zero-order valence-electron chi connectivity index (χ0n) is 16.6. The van der Waals surface area contributed by atoms with Gasteiger partial charge in [-0.15, -0.1) is 5.10 Å². The van der Waals surface area contributed by atoms with Gasteiger partial charge in [-0.2, -0.15) is 4.68 Å². The Bertz CT molecular complexity index is 1150. The average molecular weight is 420 g/mol. The molecule has 1 amide bonds. The van der Waals surface area contributed by atoms with Gasteiger partial charge in [-0.25, -0.2) is 0 Å². The molecule has 4 rings (SSSR count). The minimum atomic E-state index is -0.392. The highest BCUT2D eigenvalue weighted by molar-refractivity contribution is 8.00. The van der Waals surface area contributed by atoms with Crippen molar-refractivity contribution in [1.82, 2.24) is 20.2 Å². The molecule has 0 saturated heterocycles. The Hall–Kier alpha value is -3.39. The summed E-state index contributed by atoms with van der Waals surface area (Å²) >= 11 is 1.31. The van der Waals surface area contributed by atoms with Crippen LogP contribution in [0.5, 0.6) is 5.75 Å². The van der Waals surface area contributed by atoms with E-state index in [-0.39, 0.29) is 5.91 Å². The molecule has 0 aliphatic rings.